The molecular formula is C8H16N4S. The van der Waals surface area contributed by atoms with Crippen molar-refractivity contribution in [2.45, 2.75) is 31.7 Å². The maximum atomic E-state index is 4.66. The summed E-state index contributed by atoms with van der Waals surface area (Å²) in [6.07, 6.45) is 1.09. The first-order chi connectivity index (χ1) is 6.18. The summed E-state index contributed by atoms with van der Waals surface area (Å²) >= 11 is 4.66. The van der Waals surface area contributed by atoms with Gasteiger partial charge in [0.15, 0.2) is 0 Å². The Morgan fingerprint density at radius 1 is 0.923 bits per heavy atom. The Morgan fingerprint density at radius 2 is 1.38 bits per heavy atom. The molecule has 5 unspecified atom stereocenters. The van der Waals surface area contributed by atoms with Gasteiger partial charge in [-0.1, -0.05) is 0 Å². The highest BCUT2D eigenvalue weighted by Crippen LogP contribution is 2.35. The van der Waals surface area contributed by atoms with Crippen molar-refractivity contribution >= 4 is 12.6 Å². The third kappa shape index (κ3) is 0.966. The number of hydrogen-bond acceptors (Lipinski definition) is 5. The van der Waals surface area contributed by atoms with Crippen LogP contribution in [0.25, 0.3) is 0 Å². The lowest BCUT2D eigenvalue weighted by Gasteiger charge is -2.65. The smallest absolute Gasteiger partial charge is 0.112 e. The maximum Gasteiger partial charge on any atom is 0.112 e. The van der Waals surface area contributed by atoms with E-state index >= 15 is 0 Å². The van der Waals surface area contributed by atoms with Crippen molar-refractivity contribution in [1.82, 2.24) is 19.6 Å². The Morgan fingerprint density at radius 3 is 1.92 bits per heavy atom. The Bertz CT molecular complexity index is 192. The van der Waals surface area contributed by atoms with Crippen LogP contribution in [0.15, 0.2) is 0 Å². The van der Waals surface area contributed by atoms with Gasteiger partial charge in [-0.25, -0.2) is 4.90 Å². The monoisotopic (exact) mass is 200 g/mol. The van der Waals surface area contributed by atoms with Crippen LogP contribution in [0.4, 0.5) is 0 Å². The minimum atomic E-state index is 0.317. The summed E-state index contributed by atoms with van der Waals surface area (Å²) < 4.78 is 0. The molecule has 0 aromatic rings. The van der Waals surface area contributed by atoms with Crippen LogP contribution >= 0.6 is 12.6 Å². The molecular weight excluding hydrogens is 184 g/mol. The summed E-state index contributed by atoms with van der Waals surface area (Å²) in [6, 6.07) is 0. The van der Waals surface area contributed by atoms with Crippen molar-refractivity contribution in [2.24, 2.45) is 0 Å². The molecule has 5 heteroatoms. The SMILES string of the molecule is CC1N2CN3CN(C2)C(S)N1C3C. The van der Waals surface area contributed by atoms with Gasteiger partial charge in [-0.2, -0.15) is 0 Å². The zero-order chi connectivity index (χ0) is 9.16. The standard InChI is InChI=1S/C8H16N4S/c1-6-9-3-10-5-11(4-9)8(13)12(6)7(10)2/h6-8,13H,3-5H2,1-2H3. The zero-order valence-corrected chi connectivity index (χ0v) is 8.98. The second kappa shape index (κ2) is 2.61. The molecule has 0 aromatic carbocycles. The van der Waals surface area contributed by atoms with Crippen LogP contribution in [-0.4, -0.2) is 57.4 Å². The number of nitrogens with zero attached hydrogens (tertiary/aromatic N) is 4. The zero-order valence-electron chi connectivity index (χ0n) is 8.09. The van der Waals surface area contributed by atoms with E-state index in [4.69, 9.17) is 0 Å². The van der Waals surface area contributed by atoms with Crippen LogP contribution in [0.5, 0.6) is 0 Å². The van der Waals surface area contributed by atoms with Gasteiger partial charge in [-0.05, 0) is 13.8 Å². The number of hydrogen-bond donors (Lipinski definition) is 1. The summed E-state index contributed by atoms with van der Waals surface area (Å²) in [6.45, 7) is 7.83. The third-order valence-electron chi connectivity index (χ3n) is 3.60. The van der Waals surface area contributed by atoms with Gasteiger partial charge in [0.1, 0.15) is 5.50 Å². The van der Waals surface area contributed by atoms with Gasteiger partial charge < -0.3 is 0 Å². The highest BCUT2D eigenvalue weighted by atomic mass is 32.1. The Labute approximate surface area is 84.5 Å². The molecule has 4 aliphatic rings. The predicted octanol–water partition coefficient (Wildman–Crippen LogP) is 0.0131. The van der Waals surface area contributed by atoms with E-state index in [1.807, 2.05) is 0 Å². The van der Waals surface area contributed by atoms with E-state index in [1.54, 1.807) is 0 Å². The summed E-state index contributed by atoms with van der Waals surface area (Å²) in [4.78, 5) is 9.82. The lowest BCUT2D eigenvalue weighted by atomic mass is 10.2. The molecule has 0 spiro atoms. The van der Waals surface area contributed by atoms with E-state index in [0.717, 1.165) is 20.0 Å². The first-order valence-electron chi connectivity index (χ1n) is 4.86. The Kier molecular flexibility index (Phi) is 1.70. The molecule has 4 nitrogen and oxygen atoms in total. The van der Waals surface area contributed by atoms with Crippen LogP contribution in [-0.2, 0) is 0 Å². The molecule has 4 bridgehead atoms. The van der Waals surface area contributed by atoms with Crippen molar-refractivity contribution in [3.05, 3.63) is 0 Å². The number of rotatable bonds is 0. The van der Waals surface area contributed by atoms with Gasteiger partial charge in [-0.15, -0.1) is 12.6 Å². The molecule has 74 valence electrons. The van der Waals surface area contributed by atoms with Gasteiger partial charge in [0.2, 0.25) is 0 Å². The van der Waals surface area contributed by atoms with Gasteiger partial charge >= 0.3 is 0 Å². The average Bonchev–Trinajstić information content (AvgIpc) is 2.12. The highest BCUT2D eigenvalue weighted by Gasteiger charge is 2.49. The van der Waals surface area contributed by atoms with Crippen molar-refractivity contribution in [3.8, 4) is 0 Å². The fourth-order valence-electron chi connectivity index (χ4n) is 2.72. The van der Waals surface area contributed by atoms with E-state index in [9.17, 15) is 0 Å². The molecule has 4 fully saturated rings. The highest BCUT2D eigenvalue weighted by molar-refractivity contribution is 7.80. The second-order valence-electron chi connectivity index (χ2n) is 4.25. The van der Waals surface area contributed by atoms with E-state index in [2.05, 4.69) is 46.1 Å². The second-order valence-corrected chi connectivity index (χ2v) is 4.71. The lowest BCUT2D eigenvalue weighted by molar-refractivity contribution is -0.264. The fourth-order valence-corrected chi connectivity index (χ4v) is 3.25. The molecule has 4 saturated heterocycles. The summed E-state index contributed by atoms with van der Waals surface area (Å²) in [7, 11) is 0. The van der Waals surface area contributed by atoms with Crippen LogP contribution < -0.4 is 0 Å². The normalized spacial score (nSPS) is 64.4. The predicted molar refractivity (Wildman–Crippen MR) is 53.7 cm³/mol. The van der Waals surface area contributed by atoms with Crippen LogP contribution in [0.1, 0.15) is 13.8 Å². The largest absolute Gasteiger partial charge is 0.262 e. The molecule has 0 amide bonds. The van der Waals surface area contributed by atoms with Crippen molar-refractivity contribution in [2.75, 3.05) is 20.0 Å². The number of thiol groups is 1. The lowest BCUT2D eigenvalue weighted by Crippen LogP contribution is -2.80. The van der Waals surface area contributed by atoms with Gasteiger partial charge in [-0.3, -0.25) is 14.7 Å². The van der Waals surface area contributed by atoms with Crippen molar-refractivity contribution in [3.63, 3.8) is 0 Å². The minimum absolute atomic E-state index is 0.317. The molecule has 0 saturated carbocycles. The van der Waals surface area contributed by atoms with Crippen LogP contribution in [0.2, 0.25) is 0 Å². The van der Waals surface area contributed by atoms with Gasteiger partial charge in [0.25, 0.3) is 0 Å². The minimum Gasteiger partial charge on any atom is -0.262 e. The molecule has 4 heterocycles. The molecule has 4 rings (SSSR count). The summed E-state index contributed by atoms with van der Waals surface area (Å²) in [5, 5.41) is 0. The van der Waals surface area contributed by atoms with E-state index in [0.29, 0.717) is 17.8 Å². The summed E-state index contributed by atoms with van der Waals surface area (Å²) in [5.74, 6) is 0. The third-order valence-corrected chi connectivity index (χ3v) is 4.20. The molecule has 0 radical (unpaired) electrons. The van der Waals surface area contributed by atoms with Crippen molar-refractivity contribution < 1.29 is 0 Å². The molecule has 0 aromatic heterocycles. The maximum absolute atomic E-state index is 4.66. The van der Waals surface area contributed by atoms with Gasteiger partial charge in [0, 0.05) is 0 Å². The first-order valence-corrected chi connectivity index (χ1v) is 5.38. The van der Waals surface area contributed by atoms with Crippen LogP contribution in [0.3, 0.4) is 0 Å². The van der Waals surface area contributed by atoms with Crippen LogP contribution in [0, 0.1) is 0 Å². The average molecular weight is 200 g/mol. The molecule has 4 aliphatic heterocycles. The molecule has 0 aliphatic carbocycles. The van der Waals surface area contributed by atoms with E-state index in [1.165, 1.54) is 0 Å². The fraction of sp³-hybridized carbons (Fsp3) is 1.00. The van der Waals surface area contributed by atoms with Crippen molar-refractivity contribution in [1.29, 1.82) is 0 Å². The molecule has 5 atom stereocenters. The summed E-state index contributed by atoms with van der Waals surface area (Å²) in [5.41, 5.74) is 0.317. The van der Waals surface area contributed by atoms with Gasteiger partial charge in [0.05, 0.1) is 32.3 Å². The Balaban J connectivity index is 1.97. The Hall–Kier alpha value is 0.190. The van der Waals surface area contributed by atoms with E-state index in [-0.39, 0.29) is 0 Å². The quantitative estimate of drug-likeness (QED) is 0.553. The molecule has 13 heavy (non-hydrogen) atoms. The topological polar surface area (TPSA) is 13.0 Å². The first kappa shape index (κ1) is 8.49. The van der Waals surface area contributed by atoms with E-state index < -0.39 is 0 Å². The molecule has 0 N–H and O–H groups in total.